The van der Waals surface area contributed by atoms with Crippen LogP contribution in [0.15, 0.2) is 18.2 Å². The molecule has 0 aromatic heterocycles. The topological polar surface area (TPSA) is 75.6 Å². The van der Waals surface area contributed by atoms with Gasteiger partial charge in [-0.15, -0.1) is 0 Å². The molecule has 0 saturated heterocycles. The summed E-state index contributed by atoms with van der Waals surface area (Å²) in [5, 5.41) is 11.2. The third kappa shape index (κ3) is 1.28. The number of hydrogen-bond donors (Lipinski definition) is 2. The summed E-state index contributed by atoms with van der Waals surface area (Å²) in [7, 11) is 0. The summed E-state index contributed by atoms with van der Waals surface area (Å²) >= 11 is 0. The zero-order valence-corrected chi connectivity index (χ0v) is 7.11. The third-order valence-corrected chi connectivity index (χ3v) is 1.97. The fourth-order valence-electron chi connectivity index (χ4n) is 1.33. The molecule has 1 aromatic rings. The van der Waals surface area contributed by atoms with Crippen molar-refractivity contribution >= 4 is 17.7 Å². The normalized spacial score (nSPS) is 13.9. The van der Waals surface area contributed by atoms with Crippen LogP contribution < -0.4 is 5.32 Å². The fraction of sp³-hybridized carbons (Fsp3) is 0.111. The Morgan fingerprint density at radius 2 is 2.29 bits per heavy atom. The maximum atomic E-state index is 10.9. The Kier molecular flexibility index (Phi) is 1.85. The molecule has 0 bridgehead atoms. The number of carbonyl (C=O) groups excluding carboxylic acids is 1. The molecular formula is C9H7NO4. The number of nitrogens with one attached hydrogen (secondary N) is 1. The molecule has 5 nitrogen and oxygen atoms in total. The number of carboxylic acids is 1. The van der Waals surface area contributed by atoms with Gasteiger partial charge in [0, 0.05) is 5.56 Å². The molecule has 0 spiro atoms. The molecule has 0 unspecified atom stereocenters. The molecule has 72 valence electrons. The first-order valence-electron chi connectivity index (χ1n) is 3.97. The van der Waals surface area contributed by atoms with E-state index in [-0.39, 0.29) is 12.2 Å². The summed E-state index contributed by atoms with van der Waals surface area (Å²) in [6, 6.07) is 4.76. The van der Waals surface area contributed by atoms with Crippen molar-refractivity contribution < 1.29 is 19.4 Å². The standard InChI is InChI=1S/C9H7NO4/c11-8(12)6-3-1-2-5-4-14-9(13)10-7(5)6/h1-3H,4H2,(H,10,13)(H,11,12). The van der Waals surface area contributed by atoms with E-state index >= 15 is 0 Å². The molecule has 0 saturated carbocycles. The zero-order valence-electron chi connectivity index (χ0n) is 7.11. The number of aromatic carboxylic acids is 1. The lowest BCUT2D eigenvalue weighted by molar-refractivity contribution is 0.0697. The van der Waals surface area contributed by atoms with Crippen molar-refractivity contribution in [1.29, 1.82) is 0 Å². The SMILES string of the molecule is O=C1Nc2c(cccc2C(=O)O)CO1. The number of anilines is 1. The van der Waals surface area contributed by atoms with Gasteiger partial charge in [-0.05, 0) is 6.07 Å². The van der Waals surface area contributed by atoms with Gasteiger partial charge in [0.25, 0.3) is 0 Å². The number of para-hydroxylation sites is 1. The number of benzene rings is 1. The predicted octanol–water partition coefficient (Wildman–Crippen LogP) is 1.45. The summed E-state index contributed by atoms with van der Waals surface area (Å²) in [5.74, 6) is -1.07. The van der Waals surface area contributed by atoms with Crippen molar-refractivity contribution in [3.8, 4) is 0 Å². The summed E-state index contributed by atoms with van der Waals surface area (Å²) in [5.41, 5.74) is 1.08. The Labute approximate surface area is 79.3 Å². The first kappa shape index (κ1) is 8.55. The van der Waals surface area contributed by atoms with Gasteiger partial charge in [-0.3, -0.25) is 5.32 Å². The molecule has 14 heavy (non-hydrogen) atoms. The second kappa shape index (κ2) is 3.02. The van der Waals surface area contributed by atoms with Crippen LogP contribution in [-0.4, -0.2) is 17.2 Å². The van der Waals surface area contributed by atoms with Gasteiger partial charge in [0.15, 0.2) is 0 Å². The van der Waals surface area contributed by atoms with E-state index in [2.05, 4.69) is 5.32 Å². The number of ether oxygens (including phenoxy) is 1. The predicted molar refractivity (Wildman–Crippen MR) is 47.2 cm³/mol. The van der Waals surface area contributed by atoms with Crippen LogP contribution in [0.4, 0.5) is 10.5 Å². The Bertz CT molecular complexity index is 413. The quantitative estimate of drug-likeness (QED) is 0.707. The molecule has 1 aliphatic rings. The minimum atomic E-state index is -1.07. The maximum Gasteiger partial charge on any atom is 0.411 e. The first-order valence-corrected chi connectivity index (χ1v) is 3.97. The largest absolute Gasteiger partial charge is 0.478 e. The number of cyclic esters (lactones) is 1. The lowest BCUT2D eigenvalue weighted by atomic mass is 10.1. The highest BCUT2D eigenvalue weighted by Crippen LogP contribution is 2.25. The van der Waals surface area contributed by atoms with Crippen molar-refractivity contribution in [1.82, 2.24) is 0 Å². The molecule has 1 amide bonds. The zero-order chi connectivity index (χ0) is 10.1. The van der Waals surface area contributed by atoms with Gasteiger partial charge in [-0.1, -0.05) is 12.1 Å². The molecule has 0 atom stereocenters. The van der Waals surface area contributed by atoms with Gasteiger partial charge in [0.1, 0.15) is 6.61 Å². The fourth-order valence-corrected chi connectivity index (χ4v) is 1.33. The van der Waals surface area contributed by atoms with Gasteiger partial charge in [0.05, 0.1) is 11.3 Å². The number of carboxylic acid groups (broad SMARTS) is 1. The molecule has 5 heteroatoms. The van der Waals surface area contributed by atoms with Crippen molar-refractivity contribution in [2.24, 2.45) is 0 Å². The van der Waals surface area contributed by atoms with Crippen LogP contribution in [0.25, 0.3) is 0 Å². The molecule has 1 aliphatic heterocycles. The number of fused-ring (bicyclic) bond motifs is 1. The average molecular weight is 193 g/mol. The van der Waals surface area contributed by atoms with Crippen LogP contribution in [0, 0.1) is 0 Å². The van der Waals surface area contributed by atoms with E-state index in [0.717, 1.165) is 0 Å². The van der Waals surface area contributed by atoms with E-state index in [1.807, 2.05) is 0 Å². The molecule has 0 aliphatic carbocycles. The number of rotatable bonds is 1. The number of hydrogen-bond acceptors (Lipinski definition) is 3. The van der Waals surface area contributed by atoms with Gasteiger partial charge in [0.2, 0.25) is 0 Å². The van der Waals surface area contributed by atoms with E-state index in [4.69, 9.17) is 9.84 Å². The van der Waals surface area contributed by atoms with Crippen molar-refractivity contribution in [3.63, 3.8) is 0 Å². The maximum absolute atomic E-state index is 10.9. The van der Waals surface area contributed by atoms with Crippen LogP contribution in [0.5, 0.6) is 0 Å². The van der Waals surface area contributed by atoms with Crippen LogP contribution in [0.3, 0.4) is 0 Å². The van der Waals surface area contributed by atoms with Crippen LogP contribution in [0.2, 0.25) is 0 Å². The summed E-state index contributed by atoms with van der Waals surface area (Å²) < 4.78 is 4.70. The van der Waals surface area contributed by atoms with Gasteiger partial charge in [-0.25, -0.2) is 9.59 Å². The first-order chi connectivity index (χ1) is 6.68. The third-order valence-electron chi connectivity index (χ3n) is 1.97. The smallest absolute Gasteiger partial charge is 0.411 e. The van der Waals surface area contributed by atoms with Crippen LogP contribution in [-0.2, 0) is 11.3 Å². The molecule has 2 N–H and O–H groups in total. The van der Waals surface area contributed by atoms with E-state index in [9.17, 15) is 9.59 Å². The van der Waals surface area contributed by atoms with Gasteiger partial charge >= 0.3 is 12.1 Å². The van der Waals surface area contributed by atoms with Crippen LogP contribution in [0.1, 0.15) is 15.9 Å². The second-order valence-electron chi connectivity index (χ2n) is 2.85. The minimum absolute atomic E-state index is 0.0825. The molecular weight excluding hydrogens is 186 g/mol. The minimum Gasteiger partial charge on any atom is -0.478 e. The van der Waals surface area contributed by atoms with E-state index in [0.29, 0.717) is 11.3 Å². The highest BCUT2D eigenvalue weighted by Gasteiger charge is 2.21. The molecule has 1 heterocycles. The molecule has 0 radical (unpaired) electrons. The van der Waals surface area contributed by atoms with E-state index < -0.39 is 12.1 Å². The van der Waals surface area contributed by atoms with Crippen molar-refractivity contribution in [2.45, 2.75) is 6.61 Å². The average Bonchev–Trinajstić information content (AvgIpc) is 2.16. The highest BCUT2D eigenvalue weighted by atomic mass is 16.5. The summed E-state index contributed by atoms with van der Waals surface area (Å²) in [4.78, 5) is 21.7. The van der Waals surface area contributed by atoms with Crippen LogP contribution >= 0.6 is 0 Å². The Hall–Kier alpha value is -2.04. The Balaban J connectivity index is 2.54. The molecule has 0 fully saturated rings. The lowest BCUT2D eigenvalue weighted by Gasteiger charge is -2.18. The Morgan fingerprint density at radius 3 is 3.00 bits per heavy atom. The lowest BCUT2D eigenvalue weighted by Crippen LogP contribution is -2.22. The summed E-state index contributed by atoms with van der Waals surface area (Å²) in [6.07, 6.45) is -0.619. The molecule has 1 aromatic carbocycles. The summed E-state index contributed by atoms with van der Waals surface area (Å²) in [6.45, 7) is 0.113. The van der Waals surface area contributed by atoms with E-state index in [1.54, 1.807) is 12.1 Å². The molecule has 2 rings (SSSR count). The van der Waals surface area contributed by atoms with Gasteiger partial charge in [-0.2, -0.15) is 0 Å². The Morgan fingerprint density at radius 1 is 1.50 bits per heavy atom. The van der Waals surface area contributed by atoms with Crippen molar-refractivity contribution in [2.75, 3.05) is 5.32 Å². The van der Waals surface area contributed by atoms with Crippen molar-refractivity contribution in [3.05, 3.63) is 29.3 Å². The number of carbonyl (C=O) groups is 2. The monoisotopic (exact) mass is 193 g/mol. The van der Waals surface area contributed by atoms with E-state index in [1.165, 1.54) is 6.07 Å². The van der Waals surface area contributed by atoms with Gasteiger partial charge < -0.3 is 9.84 Å². The number of amides is 1. The highest BCUT2D eigenvalue weighted by molar-refractivity contribution is 6.00. The second-order valence-corrected chi connectivity index (χ2v) is 2.85.